The summed E-state index contributed by atoms with van der Waals surface area (Å²) in [5.41, 5.74) is 0.521. The molecular formula is C16H22N2O3S. The number of fused-ring (bicyclic) bond motifs is 2. The highest BCUT2D eigenvalue weighted by Crippen LogP contribution is 2.44. The number of hydrogen-bond acceptors (Lipinski definition) is 3. The van der Waals surface area contributed by atoms with Crippen molar-refractivity contribution in [2.75, 3.05) is 17.1 Å². The molecule has 3 atom stereocenters. The molecule has 1 aromatic rings. The summed E-state index contributed by atoms with van der Waals surface area (Å²) < 4.78 is 25.1. The third-order valence-electron chi connectivity index (χ3n) is 4.82. The first-order valence-electron chi connectivity index (χ1n) is 7.75. The number of rotatable bonds is 5. The monoisotopic (exact) mass is 322 g/mol. The summed E-state index contributed by atoms with van der Waals surface area (Å²) in [7, 11) is -3.48. The van der Waals surface area contributed by atoms with Gasteiger partial charge in [0.2, 0.25) is 15.9 Å². The third-order valence-corrected chi connectivity index (χ3v) is 5.96. The average Bonchev–Trinajstić information content (AvgIpc) is 3.07. The van der Waals surface area contributed by atoms with Crippen molar-refractivity contribution in [1.29, 1.82) is 0 Å². The van der Waals surface area contributed by atoms with Gasteiger partial charge in [0.15, 0.2) is 0 Å². The summed E-state index contributed by atoms with van der Waals surface area (Å²) in [6.45, 7) is -0.156. The molecule has 2 fully saturated rings. The van der Waals surface area contributed by atoms with Crippen LogP contribution in [0.3, 0.4) is 0 Å². The molecule has 2 aliphatic rings. The molecule has 0 aromatic heterocycles. The fraction of sp³-hybridized carbons (Fsp3) is 0.562. The molecule has 0 spiro atoms. The number of anilines is 1. The fourth-order valence-corrected chi connectivity index (χ4v) is 4.66. The molecule has 2 saturated carbocycles. The van der Waals surface area contributed by atoms with Gasteiger partial charge in [0.05, 0.1) is 11.9 Å². The van der Waals surface area contributed by atoms with Crippen LogP contribution in [-0.2, 0) is 14.8 Å². The second kappa shape index (κ2) is 5.91. The van der Waals surface area contributed by atoms with Crippen molar-refractivity contribution in [2.24, 2.45) is 11.8 Å². The molecule has 1 N–H and O–H groups in total. The number of benzene rings is 1. The molecule has 22 heavy (non-hydrogen) atoms. The van der Waals surface area contributed by atoms with Crippen LogP contribution in [0.1, 0.15) is 25.7 Å². The van der Waals surface area contributed by atoms with Crippen LogP contribution in [0.4, 0.5) is 5.69 Å². The lowest BCUT2D eigenvalue weighted by molar-refractivity contribution is -0.120. The SMILES string of the molecule is CS(=O)(=O)N(CC(=O)N[C@@H]1C[C@H]2CC[C@@H]1C2)c1ccccc1. The predicted octanol–water partition coefficient (Wildman–Crippen LogP) is 1.76. The quantitative estimate of drug-likeness (QED) is 0.898. The molecule has 5 nitrogen and oxygen atoms in total. The first-order valence-corrected chi connectivity index (χ1v) is 9.60. The maximum Gasteiger partial charge on any atom is 0.241 e. The van der Waals surface area contributed by atoms with E-state index >= 15 is 0 Å². The Balaban J connectivity index is 1.67. The van der Waals surface area contributed by atoms with E-state index in [1.54, 1.807) is 24.3 Å². The number of carbonyl (C=O) groups excluding carboxylic acids is 1. The Hall–Kier alpha value is -1.56. The number of para-hydroxylation sites is 1. The van der Waals surface area contributed by atoms with E-state index in [-0.39, 0.29) is 18.5 Å². The predicted molar refractivity (Wildman–Crippen MR) is 86.0 cm³/mol. The van der Waals surface area contributed by atoms with Crippen molar-refractivity contribution in [2.45, 2.75) is 31.7 Å². The summed E-state index contributed by atoms with van der Waals surface area (Å²) in [6.07, 6.45) is 5.84. The second-order valence-electron chi connectivity index (χ2n) is 6.45. The first kappa shape index (κ1) is 15.3. The smallest absolute Gasteiger partial charge is 0.241 e. The minimum atomic E-state index is -3.48. The lowest BCUT2D eigenvalue weighted by Crippen LogP contribution is -2.45. The van der Waals surface area contributed by atoms with Gasteiger partial charge in [0.1, 0.15) is 6.54 Å². The number of carbonyl (C=O) groups is 1. The summed E-state index contributed by atoms with van der Waals surface area (Å²) in [4.78, 5) is 12.3. The molecule has 2 bridgehead atoms. The van der Waals surface area contributed by atoms with Crippen LogP contribution in [0.2, 0.25) is 0 Å². The molecule has 6 heteroatoms. The zero-order chi connectivity index (χ0) is 15.7. The topological polar surface area (TPSA) is 66.5 Å². The van der Waals surface area contributed by atoms with Gasteiger partial charge in [-0.05, 0) is 43.2 Å². The Morgan fingerprint density at radius 3 is 2.50 bits per heavy atom. The van der Waals surface area contributed by atoms with E-state index in [4.69, 9.17) is 0 Å². The van der Waals surface area contributed by atoms with Crippen molar-refractivity contribution in [3.63, 3.8) is 0 Å². The van der Waals surface area contributed by atoms with Crippen molar-refractivity contribution in [1.82, 2.24) is 5.32 Å². The van der Waals surface area contributed by atoms with Crippen molar-refractivity contribution in [3.8, 4) is 0 Å². The maximum atomic E-state index is 12.3. The van der Waals surface area contributed by atoms with Crippen molar-refractivity contribution < 1.29 is 13.2 Å². The minimum absolute atomic E-state index is 0.156. The van der Waals surface area contributed by atoms with E-state index in [2.05, 4.69) is 5.32 Å². The van der Waals surface area contributed by atoms with E-state index in [9.17, 15) is 13.2 Å². The standard InChI is InChI=1S/C16H22N2O3S/c1-22(20,21)18(14-5-3-2-4-6-14)11-16(19)17-15-10-12-7-8-13(15)9-12/h2-6,12-13,15H,7-11H2,1H3,(H,17,19)/t12-,13+,15+/m0/s1. The van der Waals surface area contributed by atoms with E-state index in [0.717, 1.165) is 22.9 Å². The first-order chi connectivity index (χ1) is 10.4. The van der Waals surface area contributed by atoms with Gasteiger partial charge in [-0.1, -0.05) is 24.6 Å². The Morgan fingerprint density at radius 1 is 1.23 bits per heavy atom. The number of sulfonamides is 1. The molecule has 0 radical (unpaired) electrons. The third kappa shape index (κ3) is 3.27. The van der Waals surface area contributed by atoms with E-state index in [1.807, 2.05) is 6.07 Å². The van der Waals surface area contributed by atoms with Gasteiger partial charge in [-0.15, -0.1) is 0 Å². The fourth-order valence-electron chi connectivity index (χ4n) is 3.80. The number of nitrogens with zero attached hydrogens (tertiary/aromatic N) is 1. The summed E-state index contributed by atoms with van der Waals surface area (Å²) in [6, 6.07) is 8.98. The Kier molecular flexibility index (Phi) is 4.12. The highest BCUT2D eigenvalue weighted by molar-refractivity contribution is 7.92. The van der Waals surface area contributed by atoms with Gasteiger partial charge < -0.3 is 5.32 Å². The van der Waals surface area contributed by atoms with Crippen LogP contribution in [0.15, 0.2) is 30.3 Å². The highest BCUT2D eigenvalue weighted by atomic mass is 32.2. The zero-order valence-electron chi connectivity index (χ0n) is 12.7. The van der Waals surface area contributed by atoms with Crippen LogP contribution in [0.5, 0.6) is 0 Å². The molecular weight excluding hydrogens is 300 g/mol. The second-order valence-corrected chi connectivity index (χ2v) is 8.36. The van der Waals surface area contributed by atoms with E-state index in [1.165, 1.54) is 19.3 Å². The molecule has 3 rings (SSSR count). The Labute approximate surface area is 131 Å². The van der Waals surface area contributed by atoms with E-state index in [0.29, 0.717) is 11.6 Å². The molecule has 2 aliphatic carbocycles. The number of amides is 1. The number of hydrogen-bond donors (Lipinski definition) is 1. The zero-order valence-corrected chi connectivity index (χ0v) is 13.6. The molecule has 0 heterocycles. The highest BCUT2D eigenvalue weighted by Gasteiger charge is 2.40. The van der Waals surface area contributed by atoms with Crippen molar-refractivity contribution >= 4 is 21.6 Å². The molecule has 0 saturated heterocycles. The van der Waals surface area contributed by atoms with Gasteiger partial charge in [-0.25, -0.2) is 8.42 Å². The van der Waals surface area contributed by atoms with Crippen LogP contribution in [0, 0.1) is 11.8 Å². The average molecular weight is 322 g/mol. The Bertz CT molecular complexity index is 645. The van der Waals surface area contributed by atoms with Crippen LogP contribution in [-0.4, -0.2) is 33.2 Å². The molecule has 0 unspecified atom stereocenters. The van der Waals surface area contributed by atoms with Gasteiger partial charge in [-0.2, -0.15) is 0 Å². The normalized spacial score (nSPS) is 26.9. The van der Waals surface area contributed by atoms with Crippen LogP contribution < -0.4 is 9.62 Å². The Morgan fingerprint density at radius 2 is 1.95 bits per heavy atom. The number of nitrogens with one attached hydrogen (secondary N) is 1. The minimum Gasteiger partial charge on any atom is -0.352 e. The van der Waals surface area contributed by atoms with Gasteiger partial charge in [-0.3, -0.25) is 9.10 Å². The summed E-state index contributed by atoms with van der Waals surface area (Å²) in [5, 5.41) is 3.04. The van der Waals surface area contributed by atoms with Crippen LogP contribution >= 0.6 is 0 Å². The largest absolute Gasteiger partial charge is 0.352 e. The van der Waals surface area contributed by atoms with Gasteiger partial charge >= 0.3 is 0 Å². The molecule has 1 amide bonds. The van der Waals surface area contributed by atoms with Crippen LogP contribution in [0.25, 0.3) is 0 Å². The summed E-state index contributed by atoms with van der Waals surface area (Å²) >= 11 is 0. The molecule has 0 aliphatic heterocycles. The lowest BCUT2D eigenvalue weighted by Gasteiger charge is -2.26. The van der Waals surface area contributed by atoms with E-state index < -0.39 is 10.0 Å². The van der Waals surface area contributed by atoms with Gasteiger partial charge in [0.25, 0.3) is 0 Å². The summed E-state index contributed by atoms with van der Waals surface area (Å²) in [5.74, 6) is 1.11. The maximum absolute atomic E-state index is 12.3. The lowest BCUT2D eigenvalue weighted by atomic mass is 9.95. The molecule has 120 valence electrons. The molecule has 1 aromatic carbocycles. The van der Waals surface area contributed by atoms with Gasteiger partial charge in [0, 0.05) is 6.04 Å². The van der Waals surface area contributed by atoms with Crippen molar-refractivity contribution in [3.05, 3.63) is 30.3 Å².